The molecule has 0 aliphatic rings. The molecular weight excluding hydrogens is 254 g/mol. The van der Waals surface area contributed by atoms with E-state index in [1.807, 2.05) is 47.0 Å². The van der Waals surface area contributed by atoms with Gasteiger partial charge in [-0.1, -0.05) is 6.07 Å². The molecule has 4 heteroatoms. The number of methoxy groups -OCH3 is 1. The van der Waals surface area contributed by atoms with Gasteiger partial charge in [0.05, 0.1) is 30.3 Å². The van der Waals surface area contributed by atoms with Crippen LogP contribution in [-0.2, 0) is 4.74 Å². The van der Waals surface area contributed by atoms with Crippen LogP contribution >= 0.6 is 0 Å². The van der Waals surface area contributed by atoms with Crippen molar-refractivity contribution in [3.8, 4) is 5.75 Å². The normalized spacial score (nSPS) is 10.9. The van der Waals surface area contributed by atoms with E-state index in [4.69, 9.17) is 9.47 Å². The third kappa shape index (κ3) is 1.81. The molecular formula is C16H15NO3. The Morgan fingerprint density at radius 3 is 2.80 bits per heavy atom. The molecule has 0 spiro atoms. The number of benzene rings is 1. The Kier molecular flexibility index (Phi) is 3.06. The molecule has 4 nitrogen and oxygen atoms in total. The Labute approximate surface area is 116 Å². The summed E-state index contributed by atoms with van der Waals surface area (Å²) >= 11 is 0. The number of ether oxygens (including phenoxy) is 2. The summed E-state index contributed by atoms with van der Waals surface area (Å²) in [5.74, 6) is 0.465. The number of carbonyl (C=O) groups is 1. The van der Waals surface area contributed by atoms with Crippen LogP contribution in [0.2, 0.25) is 0 Å². The van der Waals surface area contributed by atoms with E-state index in [-0.39, 0.29) is 5.97 Å². The number of hydrogen-bond acceptors (Lipinski definition) is 3. The minimum absolute atomic E-state index is 0.295. The number of esters is 1. The average molecular weight is 269 g/mol. The first-order chi connectivity index (χ1) is 9.76. The summed E-state index contributed by atoms with van der Waals surface area (Å²) in [7, 11) is 1.63. The van der Waals surface area contributed by atoms with E-state index >= 15 is 0 Å². The lowest BCUT2D eigenvalue weighted by molar-refractivity contribution is 0.0531. The third-order valence-corrected chi connectivity index (χ3v) is 3.33. The van der Waals surface area contributed by atoms with E-state index in [0.29, 0.717) is 12.2 Å². The maximum Gasteiger partial charge on any atom is 0.340 e. The molecule has 1 aromatic carbocycles. The predicted octanol–water partition coefficient (Wildman–Crippen LogP) is 3.28. The van der Waals surface area contributed by atoms with Gasteiger partial charge >= 0.3 is 5.97 Å². The van der Waals surface area contributed by atoms with E-state index in [2.05, 4.69) is 0 Å². The molecule has 0 aliphatic carbocycles. The van der Waals surface area contributed by atoms with Gasteiger partial charge in [-0.05, 0) is 31.2 Å². The van der Waals surface area contributed by atoms with Gasteiger partial charge in [-0.15, -0.1) is 0 Å². The topological polar surface area (TPSA) is 39.9 Å². The lowest BCUT2D eigenvalue weighted by Crippen LogP contribution is -2.04. The lowest BCUT2D eigenvalue weighted by Gasteiger charge is -2.01. The van der Waals surface area contributed by atoms with E-state index in [0.717, 1.165) is 22.2 Å². The van der Waals surface area contributed by atoms with Crippen molar-refractivity contribution in [2.45, 2.75) is 6.92 Å². The highest BCUT2D eigenvalue weighted by Crippen LogP contribution is 2.30. The van der Waals surface area contributed by atoms with E-state index < -0.39 is 0 Å². The first-order valence-corrected chi connectivity index (χ1v) is 6.50. The van der Waals surface area contributed by atoms with Gasteiger partial charge in [-0.2, -0.15) is 0 Å². The highest BCUT2D eigenvalue weighted by Gasteiger charge is 2.19. The molecule has 0 bridgehead atoms. The number of hydrogen-bond donors (Lipinski definition) is 0. The fraction of sp³-hybridized carbons (Fsp3) is 0.188. The fourth-order valence-electron chi connectivity index (χ4n) is 2.46. The molecule has 0 saturated carbocycles. The smallest absolute Gasteiger partial charge is 0.340 e. The number of aromatic nitrogens is 1. The van der Waals surface area contributed by atoms with Crippen molar-refractivity contribution < 1.29 is 14.3 Å². The standard InChI is InChI=1S/C16H15NO3/c1-3-20-16(18)15-12-8-7-11(19-2)10-14(12)17-9-5-4-6-13(15)17/h4-10H,3H2,1-2H3. The van der Waals surface area contributed by atoms with Crippen LogP contribution in [0.25, 0.3) is 16.4 Å². The van der Waals surface area contributed by atoms with E-state index in [9.17, 15) is 4.79 Å². The largest absolute Gasteiger partial charge is 0.497 e. The maximum atomic E-state index is 12.2. The summed E-state index contributed by atoms with van der Waals surface area (Å²) in [6.45, 7) is 2.17. The van der Waals surface area contributed by atoms with Gasteiger partial charge in [0.1, 0.15) is 5.75 Å². The van der Waals surface area contributed by atoms with Crippen LogP contribution in [0.3, 0.4) is 0 Å². The maximum absolute atomic E-state index is 12.2. The molecule has 2 heterocycles. The van der Waals surface area contributed by atoms with E-state index in [1.54, 1.807) is 14.0 Å². The van der Waals surface area contributed by atoms with E-state index in [1.165, 1.54) is 0 Å². The summed E-state index contributed by atoms with van der Waals surface area (Å²) in [4.78, 5) is 12.2. The quantitative estimate of drug-likeness (QED) is 0.685. The Morgan fingerprint density at radius 1 is 1.20 bits per heavy atom. The molecule has 0 radical (unpaired) electrons. The summed E-state index contributed by atoms with van der Waals surface area (Å²) < 4.78 is 12.4. The van der Waals surface area contributed by atoms with Crippen molar-refractivity contribution in [1.29, 1.82) is 0 Å². The predicted molar refractivity (Wildman–Crippen MR) is 77.4 cm³/mol. The first kappa shape index (κ1) is 12.5. The second-order valence-electron chi connectivity index (χ2n) is 4.43. The minimum atomic E-state index is -0.295. The van der Waals surface area contributed by atoms with Gasteiger partial charge in [-0.3, -0.25) is 0 Å². The minimum Gasteiger partial charge on any atom is -0.497 e. The van der Waals surface area contributed by atoms with Crippen LogP contribution in [0.4, 0.5) is 0 Å². The molecule has 0 fully saturated rings. The van der Waals surface area contributed by atoms with Crippen LogP contribution in [0.5, 0.6) is 5.75 Å². The number of carbonyl (C=O) groups excluding carboxylic acids is 1. The second-order valence-corrected chi connectivity index (χ2v) is 4.43. The van der Waals surface area contributed by atoms with Gasteiger partial charge in [0.2, 0.25) is 0 Å². The van der Waals surface area contributed by atoms with Crippen molar-refractivity contribution >= 4 is 22.4 Å². The molecule has 0 unspecified atom stereocenters. The molecule has 0 amide bonds. The highest BCUT2D eigenvalue weighted by atomic mass is 16.5. The number of pyridine rings is 1. The highest BCUT2D eigenvalue weighted by molar-refractivity contribution is 6.11. The number of fused-ring (bicyclic) bond motifs is 3. The summed E-state index contributed by atoms with van der Waals surface area (Å²) in [6.07, 6.45) is 1.93. The second kappa shape index (κ2) is 4.89. The molecule has 2 aromatic heterocycles. The molecule has 20 heavy (non-hydrogen) atoms. The zero-order valence-electron chi connectivity index (χ0n) is 11.4. The molecule has 0 aliphatic heterocycles. The van der Waals surface area contributed by atoms with Crippen molar-refractivity contribution in [2.24, 2.45) is 0 Å². The van der Waals surface area contributed by atoms with Crippen LogP contribution in [0, 0.1) is 0 Å². The Morgan fingerprint density at radius 2 is 2.05 bits per heavy atom. The van der Waals surface area contributed by atoms with Gasteiger partial charge in [0, 0.05) is 17.6 Å². The average Bonchev–Trinajstić information content (AvgIpc) is 2.81. The molecule has 0 atom stereocenters. The molecule has 102 valence electrons. The summed E-state index contributed by atoms with van der Waals surface area (Å²) in [5.41, 5.74) is 2.38. The summed E-state index contributed by atoms with van der Waals surface area (Å²) in [6, 6.07) is 11.4. The zero-order chi connectivity index (χ0) is 14.1. The molecule has 0 saturated heterocycles. The third-order valence-electron chi connectivity index (χ3n) is 3.33. The monoisotopic (exact) mass is 269 g/mol. The van der Waals surface area contributed by atoms with Gasteiger partial charge in [0.15, 0.2) is 0 Å². The van der Waals surface area contributed by atoms with Crippen molar-refractivity contribution in [2.75, 3.05) is 13.7 Å². The van der Waals surface area contributed by atoms with Gasteiger partial charge in [0.25, 0.3) is 0 Å². The SMILES string of the molecule is CCOC(=O)c1c2ccc(OC)cc2n2ccccc12. The van der Waals surface area contributed by atoms with Crippen LogP contribution in [0.1, 0.15) is 17.3 Å². The van der Waals surface area contributed by atoms with Gasteiger partial charge in [-0.25, -0.2) is 4.79 Å². The molecule has 3 aromatic rings. The fourth-order valence-corrected chi connectivity index (χ4v) is 2.46. The van der Waals surface area contributed by atoms with Crippen molar-refractivity contribution in [1.82, 2.24) is 4.40 Å². The van der Waals surface area contributed by atoms with Crippen LogP contribution in [0.15, 0.2) is 42.6 Å². The molecule has 3 rings (SSSR count). The summed E-state index contributed by atoms with van der Waals surface area (Å²) in [5, 5.41) is 0.871. The van der Waals surface area contributed by atoms with Gasteiger partial charge < -0.3 is 13.9 Å². The van der Waals surface area contributed by atoms with Crippen molar-refractivity contribution in [3.05, 3.63) is 48.2 Å². The first-order valence-electron chi connectivity index (χ1n) is 6.50. The van der Waals surface area contributed by atoms with Crippen LogP contribution < -0.4 is 4.74 Å². The Hall–Kier alpha value is -2.49. The molecule has 0 N–H and O–H groups in total. The lowest BCUT2D eigenvalue weighted by atomic mass is 10.1. The van der Waals surface area contributed by atoms with Crippen molar-refractivity contribution in [3.63, 3.8) is 0 Å². The number of nitrogens with zero attached hydrogens (tertiary/aromatic N) is 1. The number of rotatable bonds is 3. The Balaban J connectivity index is 2.38. The zero-order valence-corrected chi connectivity index (χ0v) is 11.4. The van der Waals surface area contributed by atoms with Crippen LogP contribution in [-0.4, -0.2) is 24.1 Å². The Bertz CT molecular complexity index is 789.